The lowest BCUT2D eigenvalue weighted by molar-refractivity contribution is 1.19. The summed E-state index contributed by atoms with van der Waals surface area (Å²) < 4.78 is 0. The number of anilines is 4. The van der Waals surface area contributed by atoms with Crippen molar-refractivity contribution in [2.24, 2.45) is 0 Å². The summed E-state index contributed by atoms with van der Waals surface area (Å²) in [4.78, 5) is 4.57. The molecule has 0 saturated carbocycles. The number of hydrogen-bond donors (Lipinski definition) is 0. The largest absolute Gasteiger partial charge is 0.344 e. The standard InChI is InChI=1S/C40H34N2/c1-31-15-12-13-24-39(31)40(29-32-16-6-3-7-17-32)41(2)35-25-27-37(28-26-35)42(36-21-10-5-11-22-36)38-23-14-20-34(30-38)33-18-8-4-9-19-33/h3-16,18-30H,1,17H2,2H3/b32-29-,40-39+. The second kappa shape index (κ2) is 12.4. The summed E-state index contributed by atoms with van der Waals surface area (Å²) in [5.41, 5.74) is 9.22. The molecule has 204 valence electrons. The topological polar surface area (TPSA) is 6.48 Å². The lowest BCUT2D eigenvalue weighted by Crippen LogP contribution is -2.31. The average Bonchev–Trinajstić information content (AvgIpc) is 3.06. The summed E-state index contributed by atoms with van der Waals surface area (Å²) in [6.45, 7) is 4.33. The SMILES string of the molecule is C=c1cccc/c1=C(/C=C1/C=CC=CC1)N(C)c1ccc(N(c2ccccc2)c2cccc(-c3ccccc3)c2)cc1. The van der Waals surface area contributed by atoms with Gasteiger partial charge in [-0.05, 0) is 82.9 Å². The molecule has 0 bridgehead atoms. The minimum atomic E-state index is 0.917. The van der Waals surface area contributed by atoms with Gasteiger partial charge in [-0.1, -0.05) is 116 Å². The van der Waals surface area contributed by atoms with Crippen LogP contribution >= 0.6 is 0 Å². The molecular weight excluding hydrogens is 508 g/mol. The van der Waals surface area contributed by atoms with Gasteiger partial charge in [0.2, 0.25) is 0 Å². The molecule has 2 nitrogen and oxygen atoms in total. The van der Waals surface area contributed by atoms with Crippen LogP contribution in [-0.2, 0) is 0 Å². The van der Waals surface area contributed by atoms with Crippen molar-refractivity contribution < 1.29 is 0 Å². The highest BCUT2D eigenvalue weighted by atomic mass is 15.1. The maximum atomic E-state index is 4.33. The van der Waals surface area contributed by atoms with Crippen LogP contribution in [0.2, 0.25) is 0 Å². The van der Waals surface area contributed by atoms with E-state index in [-0.39, 0.29) is 0 Å². The highest BCUT2D eigenvalue weighted by Gasteiger charge is 2.15. The Morgan fingerprint density at radius 2 is 1.24 bits per heavy atom. The molecule has 1 aliphatic rings. The summed E-state index contributed by atoms with van der Waals surface area (Å²) in [6.07, 6.45) is 11.8. The molecule has 0 aromatic heterocycles. The van der Waals surface area contributed by atoms with Gasteiger partial charge in [0.25, 0.3) is 0 Å². The molecule has 0 radical (unpaired) electrons. The number of hydrogen-bond acceptors (Lipinski definition) is 2. The highest BCUT2D eigenvalue weighted by molar-refractivity contribution is 5.82. The molecule has 42 heavy (non-hydrogen) atoms. The van der Waals surface area contributed by atoms with Gasteiger partial charge in [0.05, 0.1) is 0 Å². The quantitative estimate of drug-likeness (QED) is 0.203. The Bertz CT molecular complexity index is 1860. The molecular formula is C40H34N2. The Labute approximate surface area is 248 Å². The predicted molar refractivity (Wildman–Crippen MR) is 181 cm³/mol. The van der Waals surface area contributed by atoms with Gasteiger partial charge >= 0.3 is 0 Å². The van der Waals surface area contributed by atoms with Gasteiger partial charge < -0.3 is 9.80 Å². The third-order valence-corrected chi connectivity index (χ3v) is 7.61. The number of benzene rings is 5. The first-order chi connectivity index (χ1) is 20.7. The van der Waals surface area contributed by atoms with Gasteiger partial charge in [-0.2, -0.15) is 0 Å². The van der Waals surface area contributed by atoms with Gasteiger partial charge in [-0.15, -0.1) is 0 Å². The Hall–Kier alpha value is -5.34. The lowest BCUT2D eigenvalue weighted by atomic mass is 10.0. The summed E-state index contributed by atoms with van der Waals surface area (Å²) in [5, 5.41) is 2.14. The van der Waals surface area contributed by atoms with Crippen molar-refractivity contribution in [2.45, 2.75) is 6.42 Å². The fraction of sp³-hybridized carbons (Fsp3) is 0.0500. The van der Waals surface area contributed by atoms with E-state index in [4.69, 9.17) is 0 Å². The van der Waals surface area contributed by atoms with Gasteiger partial charge in [0.15, 0.2) is 0 Å². The second-order valence-corrected chi connectivity index (χ2v) is 10.4. The third kappa shape index (κ3) is 5.89. The Morgan fingerprint density at radius 1 is 0.619 bits per heavy atom. The normalized spacial score (nSPS) is 14.1. The first-order valence-corrected chi connectivity index (χ1v) is 14.3. The molecule has 0 spiro atoms. The van der Waals surface area contributed by atoms with Gasteiger partial charge in [-0.3, -0.25) is 0 Å². The van der Waals surface area contributed by atoms with E-state index >= 15 is 0 Å². The third-order valence-electron chi connectivity index (χ3n) is 7.61. The Balaban J connectivity index is 1.40. The zero-order valence-corrected chi connectivity index (χ0v) is 23.9. The van der Waals surface area contributed by atoms with Crippen LogP contribution in [0, 0.1) is 0 Å². The fourth-order valence-electron chi connectivity index (χ4n) is 5.38. The molecule has 0 saturated heterocycles. The molecule has 0 unspecified atom stereocenters. The zero-order valence-electron chi connectivity index (χ0n) is 23.9. The molecule has 5 aromatic carbocycles. The summed E-state index contributed by atoms with van der Waals surface area (Å²) in [7, 11) is 2.13. The first-order valence-electron chi connectivity index (χ1n) is 14.3. The molecule has 5 aromatic rings. The van der Waals surface area contributed by atoms with Crippen molar-refractivity contribution in [3.8, 4) is 11.1 Å². The highest BCUT2D eigenvalue weighted by Crippen LogP contribution is 2.37. The van der Waals surface area contributed by atoms with Crippen molar-refractivity contribution >= 4 is 35.0 Å². The summed E-state index contributed by atoms with van der Waals surface area (Å²) >= 11 is 0. The number of allylic oxidation sites excluding steroid dienone is 5. The van der Waals surface area contributed by atoms with E-state index in [0.717, 1.165) is 45.3 Å². The van der Waals surface area contributed by atoms with Crippen LogP contribution in [0.1, 0.15) is 6.42 Å². The van der Waals surface area contributed by atoms with Crippen LogP contribution < -0.4 is 20.2 Å². The fourth-order valence-corrected chi connectivity index (χ4v) is 5.38. The summed E-state index contributed by atoms with van der Waals surface area (Å²) in [6, 6.07) is 47.0. The Kier molecular flexibility index (Phi) is 7.96. The van der Waals surface area contributed by atoms with Crippen LogP contribution in [0.15, 0.2) is 169 Å². The van der Waals surface area contributed by atoms with E-state index in [1.54, 1.807) is 0 Å². The van der Waals surface area contributed by atoms with E-state index in [1.807, 2.05) is 6.07 Å². The first kappa shape index (κ1) is 26.9. The molecule has 0 atom stereocenters. The van der Waals surface area contributed by atoms with Crippen LogP contribution in [0.25, 0.3) is 23.4 Å². The number of para-hydroxylation sites is 1. The van der Waals surface area contributed by atoms with E-state index < -0.39 is 0 Å². The van der Waals surface area contributed by atoms with E-state index in [0.29, 0.717) is 0 Å². The smallest absolute Gasteiger partial charge is 0.0490 e. The van der Waals surface area contributed by atoms with Crippen molar-refractivity contribution in [1.82, 2.24) is 0 Å². The molecule has 0 fully saturated rings. The molecule has 0 amide bonds. The lowest BCUT2D eigenvalue weighted by Gasteiger charge is -2.27. The van der Waals surface area contributed by atoms with Crippen LogP contribution in [0.5, 0.6) is 0 Å². The molecule has 1 aliphatic carbocycles. The number of rotatable bonds is 7. The number of nitrogens with zero attached hydrogens (tertiary/aromatic N) is 2. The molecule has 6 rings (SSSR count). The Morgan fingerprint density at radius 3 is 1.95 bits per heavy atom. The van der Waals surface area contributed by atoms with Crippen molar-refractivity contribution in [1.29, 1.82) is 0 Å². The van der Waals surface area contributed by atoms with Gasteiger partial charge in [0.1, 0.15) is 0 Å². The molecule has 0 N–H and O–H groups in total. The minimum Gasteiger partial charge on any atom is -0.344 e. The van der Waals surface area contributed by atoms with Crippen LogP contribution in [0.4, 0.5) is 22.7 Å². The minimum absolute atomic E-state index is 0.917. The van der Waals surface area contributed by atoms with Crippen molar-refractivity contribution in [3.05, 3.63) is 180 Å². The average molecular weight is 543 g/mol. The van der Waals surface area contributed by atoms with Crippen LogP contribution in [-0.4, -0.2) is 7.05 Å². The van der Waals surface area contributed by atoms with E-state index in [9.17, 15) is 0 Å². The summed E-state index contributed by atoms with van der Waals surface area (Å²) in [5.74, 6) is 0. The predicted octanol–water partition coefficient (Wildman–Crippen LogP) is 8.92. The van der Waals surface area contributed by atoms with E-state index in [1.165, 1.54) is 16.7 Å². The van der Waals surface area contributed by atoms with E-state index in [2.05, 4.69) is 181 Å². The zero-order chi connectivity index (χ0) is 28.7. The maximum Gasteiger partial charge on any atom is 0.0490 e. The monoisotopic (exact) mass is 542 g/mol. The van der Waals surface area contributed by atoms with Gasteiger partial charge in [-0.25, -0.2) is 0 Å². The molecule has 0 aliphatic heterocycles. The van der Waals surface area contributed by atoms with Crippen molar-refractivity contribution in [3.63, 3.8) is 0 Å². The molecule has 0 heterocycles. The second-order valence-electron chi connectivity index (χ2n) is 10.4. The van der Waals surface area contributed by atoms with Gasteiger partial charge in [0, 0.05) is 40.7 Å². The van der Waals surface area contributed by atoms with Crippen LogP contribution in [0.3, 0.4) is 0 Å². The van der Waals surface area contributed by atoms with Crippen molar-refractivity contribution in [2.75, 3.05) is 16.8 Å². The molecule has 2 heteroatoms. The maximum absolute atomic E-state index is 4.33. The number of likely N-dealkylation sites (N-methyl/N-ethyl adjacent to an activating group) is 1.